The molecule has 0 fully saturated rings. The van der Waals surface area contributed by atoms with Crippen LogP contribution >= 0.6 is 0 Å². The number of rotatable bonds is 4. The molecule has 3 N–H and O–H groups in total. The average molecular weight is 239 g/mol. The second kappa shape index (κ2) is 4.95. The zero-order valence-electron chi connectivity index (χ0n) is 10.4. The van der Waals surface area contributed by atoms with Crippen molar-refractivity contribution in [2.75, 3.05) is 20.0 Å². The van der Waals surface area contributed by atoms with Crippen LogP contribution in [0.15, 0.2) is 6.07 Å². The minimum Gasteiger partial charge on any atom is -0.496 e. The van der Waals surface area contributed by atoms with Gasteiger partial charge in [0, 0.05) is 11.6 Å². The summed E-state index contributed by atoms with van der Waals surface area (Å²) in [5, 5.41) is 9.15. The van der Waals surface area contributed by atoms with E-state index in [0.717, 1.165) is 0 Å². The van der Waals surface area contributed by atoms with Gasteiger partial charge >= 0.3 is 5.97 Å². The first-order valence-corrected chi connectivity index (χ1v) is 5.21. The molecule has 1 rings (SSSR count). The van der Waals surface area contributed by atoms with Crippen molar-refractivity contribution in [2.24, 2.45) is 0 Å². The largest absolute Gasteiger partial charge is 0.496 e. The minimum atomic E-state index is -1.11. The molecule has 0 radical (unpaired) electrons. The Morgan fingerprint density at radius 2 is 1.94 bits per heavy atom. The van der Waals surface area contributed by atoms with Crippen LogP contribution in [0.2, 0.25) is 0 Å². The number of hydrogen-bond donors (Lipinski definition) is 2. The molecule has 17 heavy (non-hydrogen) atoms. The number of ether oxygens (including phenoxy) is 2. The summed E-state index contributed by atoms with van der Waals surface area (Å²) in [5.74, 6) is -0.230. The van der Waals surface area contributed by atoms with Gasteiger partial charge in [0.25, 0.3) is 0 Å². The molecule has 0 amide bonds. The van der Waals surface area contributed by atoms with E-state index >= 15 is 0 Å². The monoisotopic (exact) mass is 239 g/mol. The number of nitrogen functional groups attached to an aromatic ring is 1. The van der Waals surface area contributed by atoms with Gasteiger partial charge in [0.1, 0.15) is 17.1 Å². The molecule has 0 aromatic heterocycles. The normalized spacial score (nSPS) is 10.4. The Balaban J connectivity index is 3.65. The molecule has 1 aromatic rings. The van der Waals surface area contributed by atoms with Crippen LogP contribution in [0.4, 0.5) is 5.69 Å². The summed E-state index contributed by atoms with van der Waals surface area (Å²) in [7, 11) is 2.94. The summed E-state index contributed by atoms with van der Waals surface area (Å²) in [6, 6.07) is 1.52. The van der Waals surface area contributed by atoms with Gasteiger partial charge in [0.05, 0.1) is 19.9 Å². The summed E-state index contributed by atoms with van der Waals surface area (Å²) in [5.41, 5.74) is 6.53. The first-order valence-electron chi connectivity index (χ1n) is 5.21. The third-order valence-electron chi connectivity index (χ3n) is 2.53. The van der Waals surface area contributed by atoms with Crippen molar-refractivity contribution in [1.82, 2.24) is 0 Å². The number of aromatic carboxylic acids is 1. The van der Waals surface area contributed by atoms with Crippen molar-refractivity contribution in [3.8, 4) is 11.5 Å². The molecule has 0 aliphatic rings. The fourth-order valence-electron chi connectivity index (χ4n) is 1.82. The van der Waals surface area contributed by atoms with Crippen molar-refractivity contribution in [1.29, 1.82) is 0 Å². The maximum atomic E-state index is 11.2. The van der Waals surface area contributed by atoms with E-state index in [-0.39, 0.29) is 22.9 Å². The van der Waals surface area contributed by atoms with Gasteiger partial charge in [-0.15, -0.1) is 0 Å². The van der Waals surface area contributed by atoms with Crippen LogP contribution in [-0.4, -0.2) is 25.3 Å². The molecule has 1 aromatic carbocycles. The Bertz CT molecular complexity index is 441. The number of carboxylic acid groups (broad SMARTS) is 1. The van der Waals surface area contributed by atoms with Crippen molar-refractivity contribution >= 4 is 11.7 Å². The maximum Gasteiger partial charge on any atom is 0.341 e. The molecule has 0 heterocycles. The number of anilines is 1. The van der Waals surface area contributed by atoms with Crippen molar-refractivity contribution in [3.05, 3.63) is 17.2 Å². The van der Waals surface area contributed by atoms with Crippen LogP contribution in [0.1, 0.15) is 35.7 Å². The summed E-state index contributed by atoms with van der Waals surface area (Å²) in [4.78, 5) is 11.2. The number of hydrogen-bond acceptors (Lipinski definition) is 4. The van der Waals surface area contributed by atoms with E-state index in [4.69, 9.17) is 20.3 Å². The van der Waals surface area contributed by atoms with Crippen LogP contribution in [0.5, 0.6) is 11.5 Å². The Morgan fingerprint density at radius 3 is 2.29 bits per heavy atom. The molecule has 0 saturated carbocycles. The number of benzene rings is 1. The molecule has 0 bridgehead atoms. The van der Waals surface area contributed by atoms with E-state index in [1.165, 1.54) is 20.3 Å². The van der Waals surface area contributed by atoms with Gasteiger partial charge in [-0.25, -0.2) is 4.79 Å². The van der Waals surface area contributed by atoms with Gasteiger partial charge in [-0.2, -0.15) is 0 Å². The fourth-order valence-corrected chi connectivity index (χ4v) is 1.82. The molecule has 5 nitrogen and oxygen atoms in total. The maximum absolute atomic E-state index is 11.2. The second-order valence-corrected chi connectivity index (χ2v) is 3.95. The van der Waals surface area contributed by atoms with Crippen LogP contribution in [0.3, 0.4) is 0 Å². The SMILES string of the molecule is COc1cc(N)c(C(=O)O)c(OC)c1C(C)C. The highest BCUT2D eigenvalue weighted by molar-refractivity contribution is 5.98. The lowest BCUT2D eigenvalue weighted by molar-refractivity contribution is 0.0694. The fraction of sp³-hybridized carbons (Fsp3) is 0.417. The summed E-state index contributed by atoms with van der Waals surface area (Å²) >= 11 is 0. The predicted octanol–water partition coefficient (Wildman–Crippen LogP) is 2.11. The Hall–Kier alpha value is -1.91. The van der Waals surface area contributed by atoms with E-state index in [1.807, 2.05) is 13.8 Å². The van der Waals surface area contributed by atoms with Gasteiger partial charge < -0.3 is 20.3 Å². The smallest absolute Gasteiger partial charge is 0.341 e. The van der Waals surface area contributed by atoms with E-state index in [0.29, 0.717) is 11.3 Å². The lowest BCUT2D eigenvalue weighted by Crippen LogP contribution is -2.10. The van der Waals surface area contributed by atoms with Gasteiger partial charge in [-0.1, -0.05) is 13.8 Å². The Labute approximate surface area is 100 Å². The highest BCUT2D eigenvalue weighted by Gasteiger charge is 2.24. The third kappa shape index (κ3) is 2.27. The summed E-state index contributed by atoms with van der Waals surface area (Å²) < 4.78 is 10.4. The van der Waals surface area contributed by atoms with Crippen LogP contribution < -0.4 is 15.2 Å². The molecular weight excluding hydrogens is 222 g/mol. The molecule has 94 valence electrons. The van der Waals surface area contributed by atoms with Gasteiger partial charge in [0.2, 0.25) is 0 Å². The lowest BCUT2D eigenvalue weighted by Gasteiger charge is -2.19. The van der Waals surface area contributed by atoms with Gasteiger partial charge in [-0.3, -0.25) is 0 Å². The lowest BCUT2D eigenvalue weighted by atomic mass is 9.96. The molecule has 5 heteroatoms. The summed E-state index contributed by atoms with van der Waals surface area (Å²) in [6.45, 7) is 3.87. The van der Waals surface area contributed by atoms with Gasteiger partial charge in [-0.05, 0) is 5.92 Å². The average Bonchev–Trinajstić information content (AvgIpc) is 2.25. The minimum absolute atomic E-state index is 0.0167. The highest BCUT2D eigenvalue weighted by Crippen LogP contribution is 2.40. The first-order chi connectivity index (χ1) is 7.93. The van der Waals surface area contributed by atoms with Crippen molar-refractivity contribution < 1.29 is 19.4 Å². The first kappa shape index (κ1) is 13.2. The van der Waals surface area contributed by atoms with Crippen molar-refractivity contribution in [3.63, 3.8) is 0 Å². The molecule has 0 atom stereocenters. The van der Waals surface area contributed by atoms with Crippen LogP contribution in [0.25, 0.3) is 0 Å². The molecular formula is C12H17NO4. The molecule has 0 spiro atoms. The number of carbonyl (C=O) groups is 1. The third-order valence-corrected chi connectivity index (χ3v) is 2.53. The standard InChI is InChI=1S/C12H17NO4/c1-6(2)9-8(16-3)5-7(13)10(12(14)15)11(9)17-4/h5-6H,13H2,1-4H3,(H,14,15). The number of methoxy groups -OCH3 is 2. The zero-order valence-corrected chi connectivity index (χ0v) is 10.4. The quantitative estimate of drug-likeness (QED) is 0.786. The topological polar surface area (TPSA) is 81.8 Å². The Kier molecular flexibility index (Phi) is 3.83. The van der Waals surface area contributed by atoms with Gasteiger partial charge in [0.15, 0.2) is 0 Å². The van der Waals surface area contributed by atoms with E-state index in [9.17, 15) is 4.79 Å². The highest BCUT2D eigenvalue weighted by atomic mass is 16.5. The molecule has 0 unspecified atom stereocenters. The van der Waals surface area contributed by atoms with E-state index in [1.54, 1.807) is 0 Å². The number of carboxylic acids is 1. The predicted molar refractivity (Wildman–Crippen MR) is 65.0 cm³/mol. The molecule has 0 aliphatic heterocycles. The second-order valence-electron chi connectivity index (χ2n) is 3.95. The summed E-state index contributed by atoms with van der Waals surface area (Å²) in [6.07, 6.45) is 0. The molecule has 0 saturated heterocycles. The van der Waals surface area contributed by atoms with E-state index in [2.05, 4.69) is 0 Å². The van der Waals surface area contributed by atoms with E-state index < -0.39 is 5.97 Å². The number of nitrogens with two attached hydrogens (primary N) is 1. The zero-order chi connectivity index (χ0) is 13.2. The Morgan fingerprint density at radius 1 is 1.35 bits per heavy atom. The van der Waals surface area contributed by atoms with Crippen LogP contribution in [-0.2, 0) is 0 Å². The van der Waals surface area contributed by atoms with Crippen LogP contribution in [0, 0.1) is 0 Å². The van der Waals surface area contributed by atoms with Crippen molar-refractivity contribution in [2.45, 2.75) is 19.8 Å². The molecule has 0 aliphatic carbocycles.